The number of anilines is 3. The number of nitrogens with zero attached hydrogens (tertiary/aromatic N) is 3. The van der Waals surface area contributed by atoms with E-state index in [2.05, 4.69) is 123 Å². The van der Waals surface area contributed by atoms with E-state index in [0.29, 0.717) is 0 Å². The van der Waals surface area contributed by atoms with Crippen molar-refractivity contribution < 1.29 is 0 Å². The molecule has 34 heavy (non-hydrogen) atoms. The number of fused-ring (bicyclic) bond motifs is 5. The van der Waals surface area contributed by atoms with Crippen molar-refractivity contribution in [2.24, 2.45) is 0 Å². The lowest BCUT2D eigenvalue weighted by Crippen LogP contribution is -2.13. The minimum absolute atomic E-state index is 0.0385. The number of hydrogen-bond acceptors (Lipinski definition) is 2. The van der Waals surface area contributed by atoms with Gasteiger partial charge in [-0.25, -0.2) is 4.52 Å². The lowest BCUT2D eigenvalue weighted by molar-refractivity contribution is 0.597. The molecular weight excluding hydrogens is 414 g/mol. The molecule has 0 bridgehead atoms. The average molecular weight is 442 g/mol. The summed E-state index contributed by atoms with van der Waals surface area (Å²) in [6, 6.07) is 36.4. The molecule has 0 N–H and O–H groups in total. The number of hydrogen-bond donors (Lipinski definition) is 0. The molecule has 0 amide bonds. The molecule has 4 aromatic carbocycles. The van der Waals surface area contributed by atoms with E-state index in [9.17, 15) is 0 Å². The quantitative estimate of drug-likeness (QED) is 0.275. The Balaban J connectivity index is 1.75. The topological polar surface area (TPSA) is 20.5 Å². The second-order valence-electron chi connectivity index (χ2n) is 9.81. The Morgan fingerprint density at radius 1 is 0.676 bits per heavy atom. The van der Waals surface area contributed by atoms with Gasteiger partial charge in [0.2, 0.25) is 0 Å². The van der Waals surface area contributed by atoms with Crippen molar-refractivity contribution in [3.8, 4) is 0 Å². The Labute approximate surface area is 199 Å². The molecule has 0 aliphatic rings. The zero-order valence-electron chi connectivity index (χ0n) is 19.7. The van der Waals surface area contributed by atoms with Gasteiger partial charge in [-0.3, -0.25) is 0 Å². The van der Waals surface area contributed by atoms with Crippen LogP contribution in [0.15, 0.2) is 109 Å². The monoisotopic (exact) mass is 441 g/mol. The second-order valence-corrected chi connectivity index (χ2v) is 9.81. The number of rotatable bonds is 3. The Kier molecular flexibility index (Phi) is 4.66. The number of para-hydroxylation sites is 2. The molecule has 3 nitrogen and oxygen atoms in total. The summed E-state index contributed by atoms with van der Waals surface area (Å²) in [4.78, 5) is 2.34. The summed E-state index contributed by atoms with van der Waals surface area (Å²) < 4.78 is 2.01. The van der Waals surface area contributed by atoms with Gasteiger partial charge >= 0.3 is 0 Å². The second kappa shape index (κ2) is 7.74. The predicted molar refractivity (Wildman–Crippen MR) is 144 cm³/mol. The minimum atomic E-state index is -0.0385. The van der Waals surface area contributed by atoms with Crippen LogP contribution >= 0.6 is 0 Å². The zero-order chi connectivity index (χ0) is 23.3. The van der Waals surface area contributed by atoms with E-state index in [1.54, 1.807) is 0 Å². The van der Waals surface area contributed by atoms with Crippen LogP contribution in [0.1, 0.15) is 26.3 Å². The molecular formula is C31H27N3. The van der Waals surface area contributed by atoms with Gasteiger partial charge in [-0.15, -0.1) is 0 Å². The molecule has 0 saturated heterocycles. The largest absolute Gasteiger partial charge is 0.310 e. The Bertz CT molecular complexity index is 1580. The van der Waals surface area contributed by atoms with Crippen LogP contribution in [0.5, 0.6) is 0 Å². The molecule has 166 valence electrons. The first-order chi connectivity index (χ1) is 16.5. The molecule has 0 aliphatic heterocycles. The van der Waals surface area contributed by atoms with Gasteiger partial charge in [-0.05, 0) is 59.5 Å². The van der Waals surface area contributed by atoms with Crippen LogP contribution < -0.4 is 4.90 Å². The number of benzene rings is 4. The van der Waals surface area contributed by atoms with Gasteiger partial charge in [0.15, 0.2) is 0 Å². The molecule has 2 heterocycles. The summed E-state index contributed by atoms with van der Waals surface area (Å²) in [5.74, 6) is 0. The lowest BCUT2D eigenvalue weighted by atomic mass is 9.82. The first kappa shape index (κ1) is 20.5. The van der Waals surface area contributed by atoms with Gasteiger partial charge in [0.25, 0.3) is 0 Å². The minimum Gasteiger partial charge on any atom is -0.310 e. The Morgan fingerprint density at radius 3 is 1.97 bits per heavy atom. The standard InChI is InChI=1S/C31H27N3/c1-31(2,3)26-21-25-24(30-29(26)28-18-10-11-20-33(28)32-30)17-12-19-27(25)34(22-13-6-4-7-14-22)23-15-8-5-9-16-23/h4-21H,1-3H3. The van der Waals surface area contributed by atoms with Crippen LogP contribution in [-0.4, -0.2) is 9.61 Å². The third-order valence-corrected chi connectivity index (χ3v) is 6.51. The van der Waals surface area contributed by atoms with E-state index in [1.807, 2.05) is 16.8 Å². The van der Waals surface area contributed by atoms with E-state index >= 15 is 0 Å². The summed E-state index contributed by atoms with van der Waals surface area (Å²) >= 11 is 0. The van der Waals surface area contributed by atoms with Crippen molar-refractivity contribution in [2.75, 3.05) is 4.90 Å². The van der Waals surface area contributed by atoms with E-state index in [1.165, 1.54) is 21.7 Å². The SMILES string of the molecule is CC(C)(C)c1cc2c(N(c3ccccc3)c3ccccc3)cccc2c2nn3ccccc3c12. The lowest BCUT2D eigenvalue weighted by Gasteiger charge is -2.28. The third-order valence-electron chi connectivity index (χ3n) is 6.51. The predicted octanol–water partition coefficient (Wildman–Crippen LogP) is 8.41. The van der Waals surface area contributed by atoms with Gasteiger partial charge in [0.1, 0.15) is 5.52 Å². The van der Waals surface area contributed by atoms with Crippen molar-refractivity contribution in [2.45, 2.75) is 26.2 Å². The van der Waals surface area contributed by atoms with E-state index in [0.717, 1.165) is 28.1 Å². The molecule has 3 heteroatoms. The molecule has 0 aliphatic carbocycles. The van der Waals surface area contributed by atoms with Crippen molar-refractivity contribution >= 4 is 44.3 Å². The Hall–Kier alpha value is -4.11. The third kappa shape index (κ3) is 3.24. The van der Waals surface area contributed by atoms with Crippen LogP contribution in [0, 0.1) is 0 Å². The first-order valence-electron chi connectivity index (χ1n) is 11.8. The van der Waals surface area contributed by atoms with Crippen molar-refractivity contribution in [3.05, 3.63) is 115 Å². The molecule has 0 radical (unpaired) electrons. The summed E-state index contributed by atoms with van der Waals surface area (Å²) in [5, 5.41) is 8.67. The normalized spacial score (nSPS) is 12.0. The number of aromatic nitrogens is 2. The maximum absolute atomic E-state index is 5.06. The van der Waals surface area contributed by atoms with E-state index < -0.39 is 0 Å². The zero-order valence-corrected chi connectivity index (χ0v) is 19.7. The van der Waals surface area contributed by atoms with Crippen molar-refractivity contribution in [3.63, 3.8) is 0 Å². The van der Waals surface area contributed by atoms with Gasteiger partial charge in [0.05, 0.1) is 11.2 Å². The fourth-order valence-corrected chi connectivity index (χ4v) is 4.95. The van der Waals surface area contributed by atoms with Crippen LogP contribution in [0.25, 0.3) is 27.2 Å². The highest BCUT2D eigenvalue weighted by atomic mass is 15.2. The van der Waals surface area contributed by atoms with E-state index in [-0.39, 0.29) is 5.41 Å². The summed E-state index contributed by atoms with van der Waals surface area (Å²) in [7, 11) is 0. The smallest absolute Gasteiger partial charge is 0.102 e. The molecule has 0 atom stereocenters. The van der Waals surface area contributed by atoms with E-state index in [4.69, 9.17) is 5.10 Å². The van der Waals surface area contributed by atoms with Gasteiger partial charge in [-0.2, -0.15) is 5.10 Å². The molecule has 2 aromatic heterocycles. The van der Waals surface area contributed by atoms with Gasteiger partial charge < -0.3 is 4.90 Å². The molecule has 0 unspecified atom stereocenters. The highest BCUT2D eigenvalue weighted by Crippen LogP contribution is 2.43. The maximum atomic E-state index is 5.06. The summed E-state index contributed by atoms with van der Waals surface area (Å²) in [6.45, 7) is 6.86. The molecule has 0 spiro atoms. The van der Waals surface area contributed by atoms with Crippen LogP contribution in [-0.2, 0) is 5.41 Å². The number of pyridine rings is 1. The first-order valence-corrected chi connectivity index (χ1v) is 11.8. The van der Waals surface area contributed by atoms with Crippen LogP contribution in [0.2, 0.25) is 0 Å². The average Bonchev–Trinajstić information content (AvgIpc) is 3.24. The maximum Gasteiger partial charge on any atom is 0.102 e. The molecule has 6 rings (SSSR count). The van der Waals surface area contributed by atoms with Gasteiger partial charge in [-0.1, -0.05) is 75.4 Å². The van der Waals surface area contributed by atoms with Crippen molar-refractivity contribution in [1.29, 1.82) is 0 Å². The highest BCUT2D eigenvalue weighted by molar-refractivity contribution is 6.16. The van der Waals surface area contributed by atoms with Crippen LogP contribution in [0.3, 0.4) is 0 Å². The highest BCUT2D eigenvalue weighted by Gasteiger charge is 2.24. The molecule has 0 fully saturated rings. The van der Waals surface area contributed by atoms with Gasteiger partial charge in [0, 0.05) is 33.7 Å². The molecule has 6 aromatic rings. The summed E-state index contributed by atoms with van der Waals surface area (Å²) in [6.07, 6.45) is 2.04. The Morgan fingerprint density at radius 2 is 1.32 bits per heavy atom. The summed E-state index contributed by atoms with van der Waals surface area (Å²) in [5.41, 5.74) is 6.89. The molecule has 0 saturated carbocycles. The fourth-order valence-electron chi connectivity index (χ4n) is 4.95. The van der Waals surface area contributed by atoms with Crippen LogP contribution in [0.4, 0.5) is 17.1 Å². The van der Waals surface area contributed by atoms with Crippen molar-refractivity contribution in [1.82, 2.24) is 9.61 Å². The fraction of sp³-hybridized carbons (Fsp3) is 0.129.